The molecule has 0 spiro atoms. The van der Waals surface area contributed by atoms with Crippen LogP contribution in [0.25, 0.3) is 0 Å². The lowest BCUT2D eigenvalue weighted by molar-refractivity contribution is -0.110. The molecule has 0 bridgehead atoms. The number of rotatable bonds is 3. The maximum atomic E-state index is 10.8. The highest BCUT2D eigenvalue weighted by atomic mass is 127. The molecule has 1 rings (SSSR count). The Labute approximate surface area is 136 Å². The first-order valence-corrected chi connectivity index (χ1v) is 4.90. The van der Waals surface area contributed by atoms with Crippen molar-refractivity contribution in [3.63, 3.8) is 0 Å². The van der Waals surface area contributed by atoms with Crippen LogP contribution in [0, 0.1) is 0 Å². The molecular formula is C9H12I3NO2. The normalized spacial score (nSPS) is 10.8. The van der Waals surface area contributed by atoms with E-state index in [2.05, 4.69) is 0 Å². The van der Waals surface area contributed by atoms with Gasteiger partial charge in [-0.1, -0.05) is 12.1 Å². The van der Waals surface area contributed by atoms with Crippen molar-refractivity contribution in [2.24, 2.45) is 5.73 Å². The quantitative estimate of drug-likeness (QED) is 0.452. The van der Waals surface area contributed by atoms with Crippen LogP contribution in [0.1, 0.15) is 5.56 Å². The summed E-state index contributed by atoms with van der Waals surface area (Å²) < 4.78 is -0.0503. The first kappa shape index (κ1) is 18.2. The molecule has 0 saturated heterocycles. The van der Waals surface area contributed by atoms with Gasteiger partial charge in [0.2, 0.25) is 3.79 Å². The van der Waals surface area contributed by atoms with Crippen molar-refractivity contribution < 1.29 is 9.90 Å². The highest BCUT2D eigenvalue weighted by Gasteiger charge is 2.09. The van der Waals surface area contributed by atoms with Crippen LogP contribution in [0.2, 0.25) is 0 Å². The van der Waals surface area contributed by atoms with Crippen LogP contribution in [0.4, 0.5) is 0 Å². The lowest BCUT2D eigenvalue weighted by atomic mass is 10.1. The van der Waals surface area contributed by atoms with Crippen LogP contribution in [0.3, 0.4) is 0 Å². The predicted octanol–water partition coefficient (Wildman–Crippen LogP) is 2.46. The number of phenolic OH excluding ortho intramolecular Hbond substituents is 1. The Hall–Kier alpha value is 0.840. The summed E-state index contributed by atoms with van der Waals surface area (Å²) in [6.07, 6.45) is 0.516. The third kappa shape index (κ3) is 6.89. The molecular weight excluding hydrogens is 535 g/mol. The number of halogens is 3. The maximum absolute atomic E-state index is 10.8. The first-order chi connectivity index (χ1) is 6.09. The molecule has 0 saturated carbocycles. The van der Waals surface area contributed by atoms with Gasteiger partial charge in [0.05, 0.1) is 6.04 Å². The van der Waals surface area contributed by atoms with Gasteiger partial charge in [0.15, 0.2) is 0 Å². The topological polar surface area (TPSA) is 63.3 Å². The van der Waals surface area contributed by atoms with Crippen LogP contribution in [0.5, 0.6) is 5.75 Å². The summed E-state index contributed by atoms with van der Waals surface area (Å²) >= 11 is 1.69. The largest absolute Gasteiger partial charge is 0.508 e. The first-order valence-electron chi connectivity index (χ1n) is 3.82. The van der Waals surface area contributed by atoms with Gasteiger partial charge in [0.1, 0.15) is 5.75 Å². The van der Waals surface area contributed by atoms with E-state index in [0.717, 1.165) is 5.56 Å². The molecule has 1 atom stereocenters. The zero-order chi connectivity index (χ0) is 9.84. The van der Waals surface area contributed by atoms with Crippen LogP contribution in [-0.2, 0) is 11.2 Å². The maximum Gasteiger partial charge on any atom is 0.209 e. The van der Waals surface area contributed by atoms with Gasteiger partial charge in [-0.05, 0) is 24.1 Å². The molecule has 3 nitrogen and oxygen atoms in total. The standard InChI is InChI=1S/C9H10INO2.2HI/c10-9(13)8(11)5-6-1-3-7(12)4-2-6;;/h1-4,8,12H,5,11H2;2*1H/t8-;;/m0../s1. The van der Waals surface area contributed by atoms with Gasteiger partial charge in [-0.15, -0.1) is 48.0 Å². The van der Waals surface area contributed by atoms with Gasteiger partial charge in [-0.3, -0.25) is 4.79 Å². The van der Waals surface area contributed by atoms with E-state index >= 15 is 0 Å². The summed E-state index contributed by atoms with van der Waals surface area (Å²) in [5.41, 5.74) is 6.52. The molecule has 15 heavy (non-hydrogen) atoms. The fourth-order valence-electron chi connectivity index (χ4n) is 0.966. The molecule has 0 fully saturated rings. The van der Waals surface area contributed by atoms with Crippen LogP contribution in [-0.4, -0.2) is 14.9 Å². The van der Waals surface area contributed by atoms with E-state index in [9.17, 15) is 4.79 Å². The smallest absolute Gasteiger partial charge is 0.209 e. The molecule has 6 heteroatoms. The van der Waals surface area contributed by atoms with E-state index < -0.39 is 6.04 Å². The number of phenols is 1. The zero-order valence-corrected chi connectivity index (χ0v) is 14.5. The number of hydrogen-bond acceptors (Lipinski definition) is 3. The number of aromatic hydroxyl groups is 1. The summed E-state index contributed by atoms with van der Waals surface area (Å²) in [6.45, 7) is 0. The fourth-order valence-corrected chi connectivity index (χ4v) is 1.19. The molecule has 0 heterocycles. The van der Waals surface area contributed by atoms with Gasteiger partial charge >= 0.3 is 0 Å². The van der Waals surface area contributed by atoms with Gasteiger partial charge in [0.25, 0.3) is 0 Å². The average molecular weight is 547 g/mol. The monoisotopic (exact) mass is 547 g/mol. The molecule has 0 aliphatic carbocycles. The molecule has 0 amide bonds. The lowest BCUT2D eigenvalue weighted by Crippen LogP contribution is -2.28. The molecule has 0 aromatic heterocycles. The summed E-state index contributed by atoms with van der Waals surface area (Å²) in [7, 11) is 0. The number of carbonyl (C=O) groups excluding carboxylic acids is 1. The van der Waals surface area contributed by atoms with Crippen LogP contribution < -0.4 is 5.73 Å². The SMILES string of the molecule is I.I.N[C@@H](Cc1ccc(O)cc1)C(=O)I. The minimum Gasteiger partial charge on any atom is -0.508 e. The van der Waals surface area contributed by atoms with Crippen molar-refractivity contribution in [1.82, 2.24) is 0 Å². The zero-order valence-electron chi connectivity index (χ0n) is 7.72. The summed E-state index contributed by atoms with van der Waals surface area (Å²) in [5.74, 6) is 0.220. The highest BCUT2D eigenvalue weighted by molar-refractivity contribution is 14.1. The lowest BCUT2D eigenvalue weighted by Gasteiger charge is -2.06. The Morgan fingerprint density at radius 3 is 2.20 bits per heavy atom. The molecule has 3 N–H and O–H groups in total. The Morgan fingerprint density at radius 1 is 1.33 bits per heavy atom. The second kappa shape index (κ2) is 8.93. The highest BCUT2D eigenvalue weighted by Crippen LogP contribution is 2.11. The Balaban J connectivity index is 0. The second-order valence-corrected chi connectivity index (χ2v) is 3.84. The van der Waals surface area contributed by atoms with E-state index in [1.807, 2.05) is 0 Å². The van der Waals surface area contributed by atoms with Gasteiger partial charge in [0, 0.05) is 22.6 Å². The third-order valence-corrected chi connectivity index (χ3v) is 2.48. The summed E-state index contributed by atoms with van der Waals surface area (Å²) in [5, 5.41) is 9.00. The van der Waals surface area contributed by atoms with Gasteiger partial charge < -0.3 is 10.8 Å². The number of carbonyl (C=O) groups is 1. The number of benzene rings is 1. The number of hydrogen-bond donors (Lipinski definition) is 2. The van der Waals surface area contributed by atoms with Crippen molar-refractivity contribution in [3.05, 3.63) is 29.8 Å². The van der Waals surface area contributed by atoms with Crippen molar-refractivity contribution in [1.29, 1.82) is 0 Å². The minimum atomic E-state index is -0.454. The molecule has 86 valence electrons. The number of nitrogens with two attached hydrogens (primary N) is 1. The van der Waals surface area contributed by atoms with Crippen molar-refractivity contribution >= 4 is 74.3 Å². The van der Waals surface area contributed by atoms with E-state index in [-0.39, 0.29) is 57.5 Å². The van der Waals surface area contributed by atoms with Gasteiger partial charge in [-0.25, -0.2) is 0 Å². The molecule has 0 aliphatic rings. The van der Waals surface area contributed by atoms with Crippen molar-refractivity contribution in [2.75, 3.05) is 0 Å². The molecule has 0 unspecified atom stereocenters. The third-order valence-electron chi connectivity index (χ3n) is 1.68. The molecule has 0 aliphatic heterocycles. The van der Waals surface area contributed by atoms with E-state index in [4.69, 9.17) is 10.8 Å². The van der Waals surface area contributed by atoms with E-state index in [0.29, 0.717) is 6.42 Å². The van der Waals surface area contributed by atoms with Gasteiger partial charge in [-0.2, -0.15) is 0 Å². The predicted molar refractivity (Wildman–Crippen MR) is 89.6 cm³/mol. The molecule has 1 aromatic rings. The Bertz CT molecular complexity index is 303. The molecule has 1 aromatic carbocycles. The molecule has 0 radical (unpaired) electrons. The van der Waals surface area contributed by atoms with Crippen molar-refractivity contribution in [2.45, 2.75) is 12.5 Å². The average Bonchev–Trinajstić information content (AvgIpc) is 2.08. The fraction of sp³-hybridized carbons (Fsp3) is 0.222. The van der Waals surface area contributed by atoms with Crippen molar-refractivity contribution in [3.8, 4) is 5.75 Å². The van der Waals surface area contributed by atoms with Crippen LogP contribution in [0.15, 0.2) is 24.3 Å². The summed E-state index contributed by atoms with van der Waals surface area (Å²) in [6, 6.07) is 6.23. The van der Waals surface area contributed by atoms with Crippen LogP contribution >= 0.6 is 70.5 Å². The minimum absolute atomic E-state index is 0. The summed E-state index contributed by atoms with van der Waals surface area (Å²) in [4.78, 5) is 10.8. The second-order valence-electron chi connectivity index (χ2n) is 2.78. The Kier molecular flexibility index (Phi) is 10.8. The van der Waals surface area contributed by atoms with E-state index in [1.165, 1.54) is 0 Å². The Morgan fingerprint density at radius 2 is 1.80 bits per heavy atom. The van der Waals surface area contributed by atoms with E-state index in [1.54, 1.807) is 46.9 Å².